The van der Waals surface area contributed by atoms with Gasteiger partial charge >= 0.3 is 5.97 Å². The van der Waals surface area contributed by atoms with Crippen LogP contribution in [0.25, 0.3) is 0 Å². The van der Waals surface area contributed by atoms with Crippen LogP contribution < -0.4 is 4.74 Å². The highest BCUT2D eigenvalue weighted by atomic mass is 16.5. The highest BCUT2D eigenvalue weighted by Gasteiger charge is 2.26. The maximum Gasteiger partial charge on any atom is 0.303 e. The van der Waals surface area contributed by atoms with E-state index >= 15 is 0 Å². The minimum absolute atomic E-state index is 0.287. The highest BCUT2D eigenvalue weighted by Crippen LogP contribution is 2.30. The van der Waals surface area contributed by atoms with Gasteiger partial charge in [-0.1, -0.05) is 12.1 Å². The molecule has 1 aliphatic heterocycles. The molecule has 1 aliphatic rings. The molecule has 0 spiro atoms. The first-order chi connectivity index (χ1) is 9.60. The van der Waals surface area contributed by atoms with E-state index in [1.165, 1.54) is 5.56 Å². The first-order valence-electron chi connectivity index (χ1n) is 7.20. The van der Waals surface area contributed by atoms with Crippen molar-refractivity contribution in [2.75, 3.05) is 20.2 Å². The Kier molecular flexibility index (Phi) is 5.01. The molecule has 1 heterocycles. The van der Waals surface area contributed by atoms with Crippen LogP contribution in [0.3, 0.4) is 0 Å². The molecule has 1 saturated heterocycles. The SMILES string of the molecule is COc1ccc(C(C)N2CCC(CCC(=O)O)C2)cc1. The van der Waals surface area contributed by atoms with Crippen LogP contribution in [0.2, 0.25) is 0 Å². The van der Waals surface area contributed by atoms with Gasteiger partial charge in [0.2, 0.25) is 0 Å². The molecule has 0 bridgehead atoms. The third kappa shape index (κ3) is 3.73. The van der Waals surface area contributed by atoms with Gasteiger partial charge in [-0.2, -0.15) is 0 Å². The lowest BCUT2D eigenvalue weighted by molar-refractivity contribution is -0.137. The Balaban J connectivity index is 1.89. The largest absolute Gasteiger partial charge is 0.497 e. The van der Waals surface area contributed by atoms with Crippen LogP contribution >= 0.6 is 0 Å². The van der Waals surface area contributed by atoms with Gasteiger partial charge in [0.1, 0.15) is 5.75 Å². The summed E-state index contributed by atoms with van der Waals surface area (Å²) in [5.74, 6) is 0.708. The third-order valence-corrected chi connectivity index (χ3v) is 4.23. The number of benzene rings is 1. The van der Waals surface area contributed by atoms with Crippen molar-refractivity contribution in [3.05, 3.63) is 29.8 Å². The summed E-state index contributed by atoms with van der Waals surface area (Å²) in [6, 6.07) is 8.56. The lowest BCUT2D eigenvalue weighted by atomic mass is 10.0. The van der Waals surface area contributed by atoms with Gasteiger partial charge in [-0.25, -0.2) is 0 Å². The number of carboxylic acid groups (broad SMARTS) is 1. The fourth-order valence-corrected chi connectivity index (χ4v) is 2.87. The molecule has 0 amide bonds. The van der Waals surface area contributed by atoms with E-state index in [1.54, 1.807) is 7.11 Å². The van der Waals surface area contributed by atoms with Gasteiger partial charge in [0.15, 0.2) is 0 Å². The Morgan fingerprint density at radius 3 is 2.75 bits per heavy atom. The predicted octanol–water partition coefficient (Wildman–Crippen LogP) is 2.94. The number of nitrogens with zero attached hydrogens (tertiary/aromatic N) is 1. The first kappa shape index (κ1) is 14.9. The molecule has 2 rings (SSSR count). The quantitative estimate of drug-likeness (QED) is 0.868. The van der Waals surface area contributed by atoms with Crippen molar-refractivity contribution in [3.8, 4) is 5.75 Å². The van der Waals surface area contributed by atoms with E-state index < -0.39 is 5.97 Å². The number of aliphatic carboxylic acids is 1. The summed E-state index contributed by atoms with van der Waals surface area (Å²) in [5, 5.41) is 8.75. The van der Waals surface area contributed by atoms with E-state index in [0.717, 1.165) is 31.7 Å². The Morgan fingerprint density at radius 2 is 2.15 bits per heavy atom. The van der Waals surface area contributed by atoms with Gasteiger partial charge in [0.05, 0.1) is 7.11 Å². The summed E-state index contributed by atoms with van der Waals surface area (Å²) >= 11 is 0. The van der Waals surface area contributed by atoms with Gasteiger partial charge in [-0.3, -0.25) is 9.69 Å². The predicted molar refractivity (Wildman–Crippen MR) is 78.0 cm³/mol. The fraction of sp³-hybridized carbons (Fsp3) is 0.562. The summed E-state index contributed by atoms with van der Waals surface area (Å²) in [6.45, 7) is 4.26. The summed E-state index contributed by atoms with van der Waals surface area (Å²) in [4.78, 5) is 13.1. The summed E-state index contributed by atoms with van der Waals surface area (Å²) in [6.07, 6.45) is 2.18. The molecule has 0 saturated carbocycles. The number of ether oxygens (including phenoxy) is 1. The number of likely N-dealkylation sites (tertiary alicyclic amines) is 1. The average Bonchev–Trinajstić information content (AvgIpc) is 2.93. The smallest absolute Gasteiger partial charge is 0.303 e. The first-order valence-corrected chi connectivity index (χ1v) is 7.20. The molecule has 2 atom stereocenters. The summed E-state index contributed by atoms with van der Waals surface area (Å²) in [5.41, 5.74) is 1.28. The molecule has 1 aromatic carbocycles. The molecule has 0 aliphatic carbocycles. The molecule has 0 radical (unpaired) electrons. The minimum Gasteiger partial charge on any atom is -0.497 e. The molecule has 0 aromatic heterocycles. The molecule has 20 heavy (non-hydrogen) atoms. The third-order valence-electron chi connectivity index (χ3n) is 4.23. The van der Waals surface area contributed by atoms with Gasteiger partial charge in [-0.15, -0.1) is 0 Å². The lowest BCUT2D eigenvalue weighted by Crippen LogP contribution is -2.24. The van der Waals surface area contributed by atoms with Crippen molar-refractivity contribution >= 4 is 5.97 Å². The number of hydrogen-bond donors (Lipinski definition) is 1. The van der Waals surface area contributed by atoms with Crippen molar-refractivity contribution < 1.29 is 14.6 Å². The zero-order valence-electron chi connectivity index (χ0n) is 12.2. The Hall–Kier alpha value is -1.55. The van der Waals surface area contributed by atoms with E-state index in [-0.39, 0.29) is 6.42 Å². The fourth-order valence-electron chi connectivity index (χ4n) is 2.87. The molecule has 4 heteroatoms. The van der Waals surface area contributed by atoms with Crippen molar-refractivity contribution in [2.24, 2.45) is 5.92 Å². The normalized spacial score (nSPS) is 20.8. The van der Waals surface area contributed by atoms with Crippen LogP contribution in [0.1, 0.15) is 37.8 Å². The standard InChI is InChI=1S/C16H23NO3/c1-12(14-4-6-15(20-2)7-5-14)17-10-9-13(11-17)3-8-16(18)19/h4-7,12-13H,3,8-11H2,1-2H3,(H,18,19). The van der Waals surface area contributed by atoms with E-state index in [2.05, 4.69) is 24.0 Å². The minimum atomic E-state index is -0.688. The molecular weight excluding hydrogens is 254 g/mol. The lowest BCUT2D eigenvalue weighted by Gasteiger charge is -2.25. The van der Waals surface area contributed by atoms with Gasteiger partial charge in [0, 0.05) is 19.0 Å². The van der Waals surface area contributed by atoms with Crippen LogP contribution in [-0.2, 0) is 4.79 Å². The topological polar surface area (TPSA) is 49.8 Å². The molecule has 1 N–H and O–H groups in total. The molecule has 4 nitrogen and oxygen atoms in total. The van der Waals surface area contributed by atoms with Gasteiger partial charge in [0.25, 0.3) is 0 Å². The Labute approximate surface area is 120 Å². The number of methoxy groups -OCH3 is 1. The Bertz CT molecular complexity index is 444. The second-order valence-electron chi connectivity index (χ2n) is 5.53. The second-order valence-corrected chi connectivity index (χ2v) is 5.53. The van der Waals surface area contributed by atoms with Crippen molar-refractivity contribution in [2.45, 2.75) is 32.2 Å². The molecule has 1 fully saturated rings. The monoisotopic (exact) mass is 277 g/mol. The molecule has 1 aromatic rings. The number of hydrogen-bond acceptors (Lipinski definition) is 3. The zero-order valence-corrected chi connectivity index (χ0v) is 12.2. The molecule has 2 unspecified atom stereocenters. The van der Waals surface area contributed by atoms with E-state index in [9.17, 15) is 4.79 Å². The van der Waals surface area contributed by atoms with Crippen LogP contribution in [0, 0.1) is 5.92 Å². The second kappa shape index (κ2) is 6.75. The highest BCUT2D eigenvalue weighted by molar-refractivity contribution is 5.66. The maximum absolute atomic E-state index is 10.6. The average molecular weight is 277 g/mol. The number of rotatable bonds is 6. The summed E-state index contributed by atoms with van der Waals surface area (Å²) < 4.78 is 5.18. The van der Waals surface area contributed by atoms with E-state index in [1.807, 2.05) is 12.1 Å². The van der Waals surface area contributed by atoms with Crippen molar-refractivity contribution in [1.29, 1.82) is 0 Å². The Morgan fingerprint density at radius 1 is 1.45 bits per heavy atom. The van der Waals surface area contributed by atoms with Crippen LogP contribution in [0.4, 0.5) is 0 Å². The summed E-state index contributed by atoms with van der Waals surface area (Å²) in [7, 11) is 1.67. The zero-order chi connectivity index (χ0) is 14.5. The van der Waals surface area contributed by atoms with Crippen LogP contribution in [0.15, 0.2) is 24.3 Å². The number of carbonyl (C=O) groups is 1. The van der Waals surface area contributed by atoms with Crippen molar-refractivity contribution in [3.63, 3.8) is 0 Å². The van der Waals surface area contributed by atoms with Gasteiger partial charge in [-0.05, 0) is 49.9 Å². The van der Waals surface area contributed by atoms with Gasteiger partial charge < -0.3 is 9.84 Å². The maximum atomic E-state index is 10.6. The van der Waals surface area contributed by atoms with E-state index in [0.29, 0.717) is 12.0 Å². The molecular formula is C16H23NO3. The van der Waals surface area contributed by atoms with E-state index in [4.69, 9.17) is 9.84 Å². The van der Waals surface area contributed by atoms with Crippen LogP contribution in [0.5, 0.6) is 5.75 Å². The van der Waals surface area contributed by atoms with Crippen molar-refractivity contribution in [1.82, 2.24) is 4.90 Å². The van der Waals surface area contributed by atoms with Crippen LogP contribution in [-0.4, -0.2) is 36.2 Å². The molecule has 110 valence electrons. The number of carboxylic acids is 1.